The van der Waals surface area contributed by atoms with Crippen molar-refractivity contribution >= 4 is 0 Å². The van der Waals surface area contributed by atoms with Gasteiger partial charge in [0, 0.05) is 11.1 Å². The molecule has 2 atom stereocenters. The molecule has 0 aliphatic heterocycles. The van der Waals surface area contributed by atoms with Gasteiger partial charge in [0.2, 0.25) is 11.5 Å². The molecule has 2 aromatic rings. The third-order valence-corrected chi connectivity index (χ3v) is 4.57. The third kappa shape index (κ3) is 3.74. The Labute approximate surface area is 165 Å². The zero-order valence-electron chi connectivity index (χ0n) is 17.1. The molecule has 4 N–H and O–H groups in total. The number of hydrogen-bond donors (Lipinski definition) is 2. The Morgan fingerprint density at radius 3 is 1.07 bits per heavy atom. The highest BCUT2D eigenvalue weighted by atomic mass is 16.5. The molecule has 0 bridgehead atoms. The van der Waals surface area contributed by atoms with E-state index in [4.69, 9.17) is 39.9 Å². The minimum absolute atomic E-state index is 0.449. The number of methoxy groups -OCH3 is 6. The van der Waals surface area contributed by atoms with Crippen molar-refractivity contribution in [1.82, 2.24) is 0 Å². The molecule has 0 aliphatic rings. The summed E-state index contributed by atoms with van der Waals surface area (Å²) in [5.41, 5.74) is 14.4. The maximum absolute atomic E-state index is 6.52. The molecule has 28 heavy (non-hydrogen) atoms. The van der Waals surface area contributed by atoms with Gasteiger partial charge in [-0.05, 0) is 24.3 Å². The van der Waals surface area contributed by atoms with Crippen LogP contribution in [0, 0.1) is 0 Å². The van der Waals surface area contributed by atoms with Crippen molar-refractivity contribution < 1.29 is 28.4 Å². The van der Waals surface area contributed by atoms with Gasteiger partial charge in [0.05, 0.1) is 54.7 Å². The molecule has 0 saturated heterocycles. The second-order valence-electron chi connectivity index (χ2n) is 5.90. The molecule has 0 aliphatic carbocycles. The van der Waals surface area contributed by atoms with E-state index >= 15 is 0 Å². The molecule has 0 fully saturated rings. The fourth-order valence-electron chi connectivity index (χ4n) is 3.16. The lowest BCUT2D eigenvalue weighted by Gasteiger charge is -2.26. The molecule has 0 spiro atoms. The number of ether oxygens (including phenoxy) is 6. The van der Waals surface area contributed by atoms with E-state index in [1.807, 2.05) is 0 Å². The highest BCUT2D eigenvalue weighted by Crippen LogP contribution is 2.47. The Balaban J connectivity index is 2.55. The van der Waals surface area contributed by atoms with E-state index in [-0.39, 0.29) is 0 Å². The van der Waals surface area contributed by atoms with Gasteiger partial charge >= 0.3 is 0 Å². The smallest absolute Gasteiger partial charge is 0.203 e. The molecule has 8 heteroatoms. The van der Waals surface area contributed by atoms with E-state index in [1.54, 1.807) is 38.5 Å². The predicted molar refractivity (Wildman–Crippen MR) is 106 cm³/mol. The van der Waals surface area contributed by atoms with Gasteiger partial charge in [-0.25, -0.2) is 0 Å². The molecular weight excluding hydrogens is 364 g/mol. The fourth-order valence-corrected chi connectivity index (χ4v) is 3.16. The highest BCUT2D eigenvalue weighted by molar-refractivity contribution is 5.59. The van der Waals surface area contributed by atoms with Gasteiger partial charge in [-0.1, -0.05) is 0 Å². The summed E-state index contributed by atoms with van der Waals surface area (Å²) in [6.07, 6.45) is 0. The average Bonchev–Trinajstić information content (AvgIpc) is 2.75. The zero-order chi connectivity index (χ0) is 20.8. The lowest BCUT2D eigenvalue weighted by molar-refractivity contribution is 0.315. The first-order valence-corrected chi connectivity index (χ1v) is 8.57. The molecule has 0 amide bonds. The second-order valence-corrected chi connectivity index (χ2v) is 5.90. The van der Waals surface area contributed by atoms with Crippen molar-refractivity contribution in [3.63, 3.8) is 0 Å². The van der Waals surface area contributed by atoms with E-state index < -0.39 is 12.1 Å². The maximum atomic E-state index is 6.52. The van der Waals surface area contributed by atoms with Crippen molar-refractivity contribution in [2.24, 2.45) is 11.5 Å². The number of rotatable bonds is 9. The SMILES string of the molecule is COc1ccc(C(N)C(N)c2ccc(OC)c(OC)c2OC)c(OC)c1OC. The second kappa shape index (κ2) is 9.38. The van der Waals surface area contributed by atoms with E-state index in [9.17, 15) is 0 Å². The quantitative estimate of drug-likeness (QED) is 0.670. The lowest BCUT2D eigenvalue weighted by Crippen LogP contribution is -2.27. The van der Waals surface area contributed by atoms with Gasteiger partial charge in [-0.15, -0.1) is 0 Å². The number of nitrogens with two attached hydrogens (primary N) is 2. The predicted octanol–water partition coefficient (Wildman–Crippen LogP) is 2.44. The van der Waals surface area contributed by atoms with E-state index in [2.05, 4.69) is 0 Å². The Morgan fingerprint density at radius 2 is 0.821 bits per heavy atom. The summed E-state index contributed by atoms with van der Waals surface area (Å²) in [6, 6.07) is 5.88. The van der Waals surface area contributed by atoms with Crippen molar-refractivity contribution in [2.45, 2.75) is 12.1 Å². The standard InChI is InChI=1S/C20H28N2O6/c1-23-13-9-7-11(17(25-3)19(13)27-5)15(21)16(22)12-8-10-14(24-2)20(28-6)18(12)26-4/h7-10,15-16H,21-22H2,1-6H3. The molecule has 0 radical (unpaired) electrons. The van der Waals surface area contributed by atoms with Crippen LogP contribution in [0.15, 0.2) is 24.3 Å². The van der Waals surface area contributed by atoms with Crippen molar-refractivity contribution in [2.75, 3.05) is 42.7 Å². The first-order valence-electron chi connectivity index (χ1n) is 8.57. The normalized spacial score (nSPS) is 12.7. The molecule has 154 valence electrons. The molecule has 0 heterocycles. The minimum Gasteiger partial charge on any atom is -0.493 e. The molecular formula is C20H28N2O6. The zero-order valence-corrected chi connectivity index (χ0v) is 17.1. The molecule has 2 aromatic carbocycles. The van der Waals surface area contributed by atoms with Gasteiger partial charge < -0.3 is 39.9 Å². The average molecular weight is 392 g/mol. The number of benzene rings is 2. The Hall–Kier alpha value is -2.84. The summed E-state index contributed by atoms with van der Waals surface area (Å²) in [6.45, 7) is 0. The van der Waals surface area contributed by atoms with Crippen molar-refractivity contribution in [1.29, 1.82) is 0 Å². The van der Waals surface area contributed by atoms with Gasteiger partial charge in [-0.2, -0.15) is 0 Å². The van der Waals surface area contributed by atoms with Crippen molar-refractivity contribution in [3.8, 4) is 34.5 Å². The number of hydrogen-bond acceptors (Lipinski definition) is 8. The van der Waals surface area contributed by atoms with Gasteiger partial charge in [0.25, 0.3) is 0 Å². The van der Waals surface area contributed by atoms with Crippen LogP contribution < -0.4 is 39.9 Å². The van der Waals surface area contributed by atoms with Gasteiger partial charge in [0.1, 0.15) is 0 Å². The van der Waals surface area contributed by atoms with E-state index in [0.717, 1.165) is 0 Å². The van der Waals surface area contributed by atoms with Crippen LogP contribution in [0.2, 0.25) is 0 Å². The van der Waals surface area contributed by atoms with Crippen LogP contribution in [0.3, 0.4) is 0 Å². The van der Waals surface area contributed by atoms with Crippen LogP contribution in [0.5, 0.6) is 34.5 Å². The van der Waals surface area contributed by atoms with Crippen LogP contribution in [0.1, 0.15) is 23.2 Å². The first-order chi connectivity index (χ1) is 13.5. The Bertz CT molecular complexity index is 744. The molecule has 0 saturated carbocycles. The molecule has 0 aromatic heterocycles. The lowest BCUT2D eigenvalue weighted by atomic mass is 9.92. The van der Waals surface area contributed by atoms with Crippen molar-refractivity contribution in [3.05, 3.63) is 35.4 Å². The van der Waals surface area contributed by atoms with Crippen LogP contribution >= 0.6 is 0 Å². The summed E-state index contributed by atoms with van der Waals surface area (Å²) in [4.78, 5) is 0. The third-order valence-electron chi connectivity index (χ3n) is 4.57. The summed E-state index contributed by atoms with van der Waals surface area (Å²) in [7, 11) is 9.25. The van der Waals surface area contributed by atoms with Crippen LogP contribution in [-0.4, -0.2) is 42.7 Å². The maximum Gasteiger partial charge on any atom is 0.203 e. The highest BCUT2D eigenvalue weighted by Gasteiger charge is 2.28. The van der Waals surface area contributed by atoms with E-state index in [0.29, 0.717) is 45.6 Å². The summed E-state index contributed by atoms with van der Waals surface area (Å²) < 4.78 is 32.6. The Kier molecular flexibility index (Phi) is 7.19. The molecule has 2 unspecified atom stereocenters. The van der Waals surface area contributed by atoms with Crippen LogP contribution in [0.4, 0.5) is 0 Å². The minimum atomic E-state index is -0.623. The Morgan fingerprint density at radius 1 is 0.500 bits per heavy atom. The van der Waals surface area contributed by atoms with Crippen LogP contribution in [0.25, 0.3) is 0 Å². The summed E-state index contributed by atoms with van der Waals surface area (Å²) >= 11 is 0. The largest absolute Gasteiger partial charge is 0.493 e. The monoisotopic (exact) mass is 392 g/mol. The summed E-state index contributed by atoms with van der Waals surface area (Å²) in [5.74, 6) is 2.89. The molecule has 8 nitrogen and oxygen atoms in total. The first kappa shape index (κ1) is 21.5. The summed E-state index contributed by atoms with van der Waals surface area (Å²) in [5, 5.41) is 0. The van der Waals surface area contributed by atoms with Gasteiger partial charge in [-0.3, -0.25) is 0 Å². The van der Waals surface area contributed by atoms with Crippen LogP contribution in [-0.2, 0) is 0 Å². The van der Waals surface area contributed by atoms with E-state index in [1.165, 1.54) is 28.4 Å². The topological polar surface area (TPSA) is 107 Å². The fraction of sp³-hybridized carbons (Fsp3) is 0.400. The molecule has 2 rings (SSSR count). The van der Waals surface area contributed by atoms with Gasteiger partial charge in [0.15, 0.2) is 23.0 Å².